The maximum atomic E-state index is 14.1. The van der Waals surface area contributed by atoms with Crippen LogP contribution in [0.15, 0.2) is 41.6 Å². The van der Waals surface area contributed by atoms with Gasteiger partial charge in [-0.25, -0.2) is 17.2 Å². The Hall–Kier alpha value is -2.57. The molecular formula is C16H14F2N4O2S. The summed E-state index contributed by atoms with van der Waals surface area (Å²) < 4.78 is 54.5. The first-order valence-electron chi connectivity index (χ1n) is 7.48. The first kappa shape index (κ1) is 17.3. The van der Waals surface area contributed by atoms with Crippen molar-refractivity contribution < 1.29 is 17.2 Å². The van der Waals surface area contributed by atoms with E-state index >= 15 is 0 Å². The lowest BCUT2D eigenvalue weighted by Crippen LogP contribution is -2.49. The number of anilines is 1. The van der Waals surface area contributed by atoms with E-state index in [1.54, 1.807) is 6.07 Å². The number of benzene rings is 1. The smallest absolute Gasteiger partial charge is 0.244 e. The van der Waals surface area contributed by atoms with Crippen molar-refractivity contribution in [2.45, 2.75) is 4.90 Å². The van der Waals surface area contributed by atoms with Gasteiger partial charge in [0.05, 0.1) is 11.6 Å². The summed E-state index contributed by atoms with van der Waals surface area (Å²) in [5.74, 6) is -1.67. The van der Waals surface area contributed by atoms with Crippen LogP contribution in [0.25, 0.3) is 0 Å². The third kappa shape index (κ3) is 3.31. The van der Waals surface area contributed by atoms with Crippen LogP contribution in [0.5, 0.6) is 0 Å². The number of rotatable bonds is 3. The average molecular weight is 364 g/mol. The van der Waals surface area contributed by atoms with Gasteiger partial charge in [0, 0.05) is 38.6 Å². The number of piperazine rings is 1. The molecule has 1 aliphatic rings. The van der Waals surface area contributed by atoms with Crippen LogP contribution in [0.4, 0.5) is 14.5 Å². The monoisotopic (exact) mass is 364 g/mol. The molecular weight excluding hydrogens is 350 g/mol. The zero-order valence-corrected chi connectivity index (χ0v) is 13.9. The highest BCUT2D eigenvalue weighted by Crippen LogP contribution is 2.27. The summed E-state index contributed by atoms with van der Waals surface area (Å²) >= 11 is 0. The number of halogens is 2. The second-order valence-corrected chi connectivity index (χ2v) is 7.42. The summed E-state index contributed by atoms with van der Waals surface area (Å²) in [7, 11) is -3.68. The van der Waals surface area contributed by atoms with Crippen molar-refractivity contribution in [3.63, 3.8) is 0 Å². The summed E-state index contributed by atoms with van der Waals surface area (Å²) in [5.41, 5.74) is -0.339. The molecule has 0 radical (unpaired) electrons. The molecule has 1 fully saturated rings. The SMILES string of the molecule is N#Cc1cc(F)c(N2CCN(S(=O)(=O)c3cccnc3)CC2)c(F)c1. The third-order valence-corrected chi connectivity index (χ3v) is 5.86. The van der Waals surface area contributed by atoms with Gasteiger partial charge in [-0.1, -0.05) is 0 Å². The highest BCUT2D eigenvalue weighted by molar-refractivity contribution is 7.89. The number of aromatic nitrogens is 1. The minimum atomic E-state index is -3.68. The van der Waals surface area contributed by atoms with Crippen molar-refractivity contribution in [2.75, 3.05) is 31.1 Å². The molecule has 0 amide bonds. The molecule has 1 aromatic heterocycles. The maximum Gasteiger partial charge on any atom is 0.244 e. The Morgan fingerprint density at radius 2 is 1.76 bits per heavy atom. The molecule has 3 rings (SSSR count). The number of pyridine rings is 1. The fourth-order valence-corrected chi connectivity index (χ4v) is 4.12. The molecule has 0 unspecified atom stereocenters. The number of sulfonamides is 1. The van der Waals surface area contributed by atoms with E-state index in [1.807, 2.05) is 0 Å². The highest BCUT2D eigenvalue weighted by atomic mass is 32.2. The van der Waals surface area contributed by atoms with Crippen molar-refractivity contribution in [2.24, 2.45) is 0 Å². The van der Waals surface area contributed by atoms with Crippen LogP contribution in [-0.4, -0.2) is 43.9 Å². The summed E-state index contributed by atoms with van der Waals surface area (Å²) in [6, 6.07) is 6.62. The van der Waals surface area contributed by atoms with E-state index < -0.39 is 21.7 Å². The Bertz CT molecular complexity index is 898. The first-order chi connectivity index (χ1) is 11.9. The van der Waals surface area contributed by atoms with Crippen molar-refractivity contribution in [1.29, 1.82) is 5.26 Å². The molecule has 0 bridgehead atoms. The standard InChI is InChI=1S/C16H14F2N4O2S/c17-14-8-12(10-19)9-15(18)16(14)21-4-6-22(7-5-21)25(23,24)13-2-1-3-20-11-13/h1-3,8-9,11H,4-7H2. The van der Waals surface area contributed by atoms with Gasteiger partial charge in [-0.3, -0.25) is 4.98 Å². The summed E-state index contributed by atoms with van der Waals surface area (Å²) in [6.45, 7) is 0.463. The molecule has 9 heteroatoms. The molecule has 2 aromatic rings. The molecule has 1 saturated heterocycles. The van der Waals surface area contributed by atoms with Crippen LogP contribution >= 0.6 is 0 Å². The van der Waals surface area contributed by atoms with Crippen molar-refractivity contribution in [3.8, 4) is 6.07 Å². The van der Waals surface area contributed by atoms with E-state index in [4.69, 9.17) is 5.26 Å². The van der Waals surface area contributed by atoms with E-state index in [0.717, 1.165) is 12.1 Å². The molecule has 1 aliphatic heterocycles. The van der Waals surface area contributed by atoms with Gasteiger partial charge >= 0.3 is 0 Å². The predicted molar refractivity (Wildman–Crippen MR) is 86.3 cm³/mol. The zero-order valence-electron chi connectivity index (χ0n) is 13.1. The van der Waals surface area contributed by atoms with Gasteiger partial charge in [0.25, 0.3) is 0 Å². The Morgan fingerprint density at radius 1 is 1.12 bits per heavy atom. The van der Waals surface area contributed by atoms with Crippen LogP contribution in [0, 0.1) is 23.0 Å². The van der Waals surface area contributed by atoms with Crippen LogP contribution in [0.3, 0.4) is 0 Å². The fraction of sp³-hybridized carbons (Fsp3) is 0.250. The van der Waals surface area contributed by atoms with Gasteiger partial charge < -0.3 is 4.90 Å². The minimum absolute atomic E-state index is 0.0826. The molecule has 6 nitrogen and oxygen atoms in total. The Balaban J connectivity index is 1.78. The largest absolute Gasteiger partial charge is 0.364 e. The van der Waals surface area contributed by atoms with Gasteiger partial charge in [-0.2, -0.15) is 9.57 Å². The normalized spacial score (nSPS) is 15.8. The Kier molecular flexibility index (Phi) is 4.65. The second kappa shape index (κ2) is 6.74. The number of hydrogen-bond acceptors (Lipinski definition) is 5. The van der Waals surface area contributed by atoms with E-state index in [2.05, 4.69) is 4.98 Å². The first-order valence-corrected chi connectivity index (χ1v) is 8.92. The topological polar surface area (TPSA) is 77.3 Å². The van der Waals surface area contributed by atoms with Gasteiger partial charge in [-0.15, -0.1) is 0 Å². The molecule has 0 saturated carbocycles. The third-order valence-electron chi connectivity index (χ3n) is 3.97. The van der Waals surface area contributed by atoms with Gasteiger partial charge in [-0.05, 0) is 24.3 Å². The van der Waals surface area contributed by atoms with Gasteiger partial charge in [0.15, 0.2) is 11.6 Å². The number of hydrogen-bond donors (Lipinski definition) is 0. The van der Waals surface area contributed by atoms with Crippen molar-refractivity contribution in [1.82, 2.24) is 9.29 Å². The average Bonchev–Trinajstić information content (AvgIpc) is 2.62. The highest BCUT2D eigenvalue weighted by Gasteiger charge is 2.30. The van der Waals surface area contributed by atoms with E-state index in [1.165, 1.54) is 33.7 Å². The quantitative estimate of drug-likeness (QED) is 0.829. The molecule has 0 aliphatic carbocycles. The van der Waals surface area contributed by atoms with E-state index in [9.17, 15) is 17.2 Å². The number of nitrogens with zero attached hydrogens (tertiary/aromatic N) is 4. The van der Waals surface area contributed by atoms with Crippen molar-refractivity contribution >= 4 is 15.7 Å². The van der Waals surface area contributed by atoms with Crippen LogP contribution in [0.2, 0.25) is 0 Å². The molecule has 0 atom stereocenters. The lowest BCUT2D eigenvalue weighted by atomic mass is 10.1. The lowest BCUT2D eigenvalue weighted by molar-refractivity contribution is 0.381. The summed E-state index contributed by atoms with van der Waals surface area (Å²) in [4.78, 5) is 5.33. The molecule has 130 valence electrons. The summed E-state index contributed by atoms with van der Waals surface area (Å²) in [6.07, 6.45) is 2.75. The molecule has 1 aromatic carbocycles. The fourth-order valence-electron chi connectivity index (χ4n) is 2.73. The van der Waals surface area contributed by atoms with E-state index in [0.29, 0.717) is 0 Å². The second-order valence-electron chi connectivity index (χ2n) is 5.48. The number of nitriles is 1. The van der Waals surface area contributed by atoms with Crippen molar-refractivity contribution in [3.05, 3.63) is 53.9 Å². The zero-order chi connectivity index (χ0) is 18.0. The summed E-state index contributed by atoms with van der Waals surface area (Å²) in [5, 5.41) is 8.74. The Morgan fingerprint density at radius 3 is 2.28 bits per heavy atom. The van der Waals surface area contributed by atoms with Gasteiger partial charge in [0.1, 0.15) is 10.6 Å². The van der Waals surface area contributed by atoms with Crippen LogP contribution in [0.1, 0.15) is 5.56 Å². The van der Waals surface area contributed by atoms with E-state index in [-0.39, 0.29) is 42.3 Å². The predicted octanol–water partition coefficient (Wildman–Crippen LogP) is 1.74. The van der Waals surface area contributed by atoms with Crippen LogP contribution < -0.4 is 4.90 Å². The lowest BCUT2D eigenvalue weighted by Gasteiger charge is -2.35. The minimum Gasteiger partial charge on any atom is -0.364 e. The maximum absolute atomic E-state index is 14.1. The molecule has 0 spiro atoms. The van der Waals surface area contributed by atoms with Crippen LogP contribution in [-0.2, 0) is 10.0 Å². The molecule has 25 heavy (non-hydrogen) atoms. The molecule has 0 N–H and O–H groups in total. The van der Waals surface area contributed by atoms with Gasteiger partial charge in [0.2, 0.25) is 10.0 Å². The molecule has 2 heterocycles. The Labute approximate surface area is 144 Å².